The van der Waals surface area contributed by atoms with E-state index in [1.807, 2.05) is 0 Å². The van der Waals surface area contributed by atoms with Gasteiger partial charge in [0.15, 0.2) is 11.6 Å². The van der Waals surface area contributed by atoms with Crippen LogP contribution in [0.15, 0.2) is 48.7 Å². The highest BCUT2D eigenvalue weighted by atomic mass is 35.5. The van der Waals surface area contributed by atoms with E-state index in [1.54, 1.807) is 35.1 Å². The molecule has 2 N–H and O–H groups in total. The largest absolute Gasteiger partial charge is 0.396 e. The Kier molecular flexibility index (Phi) is 3.35. The van der Waals surface area contributed by atoms with Gasteiger partial charge in [0, 0.05) is 10.6 Å². The number of aromatic nitrogens is 2. The van der Waals surface area contributed by atoms with E-state index in [4.69, 9.17) is 17.3 Å². The molecule has 0 bridgehead atoms. The first-order valence-electron chi connectivity index (χ1n) is 6.11. The van der Waals surface area contributed by atoms with E-state index in [1.165, 1.54) is 6.07 Å². The summed E-state index contributed by atoms with van der Waals surface area (Å²) < 4.78 is 27.8. The molecule has 0 unspecified atom stereocenters. The lowest BCUT2D eigenvalue weighted by molar-refractivity contribution is 0.509. The Morgan fingerprint density at radius 1 is 1.00 bits per heavy atom. The average Bonchev–Trinajstić information content (AvgIpc) is 2.85. The molecule has 0 radical (unpaired) electrons. The van der Waals surface area contributed by atoms with Crippen molar-refractivity contribution in [3.05, 3.63) is 65.3 Å². The molecule has 106 valence electrons. The van der Waals surface area contributed by atoms with Gasteiger partial charge in [0.1, 0.15) is 5.69 Å². The van der Waals surface area contributed by atoms with E-state index in [0.717, 1.165) is 17.8 Å². The highest BCUT2D eigenvalue weighted by Crippen LogP contribution is 2.27. The van der Waals surface area contributed by atoms with Gasteiger partial charge in [-0.3, -0.25) is 0 Å². The quantitative estimate of drug-likeness (QED) is 0.776. The molecule has 3 nitrogen and oxygen atoms in total. The minimum Gasteiger partial charge on any atom is -0.396 e. The smallest absolute Gasteiger partial charge is 0.159 e. The standard InChI is InChI=1S/C15H10ClF2N3/c16-10-2-4-11(5-3-10)21-8-14(19)15(20-21)9-1-6-12(17)13(18)7-9/h1-8H,19H2. The minimum atomic E-state index is -0.937. The van der Waals surface area contributed by atoms with E-state index >= 15 is 0 Å². The molecule has 0 aliphatic carbocycles. The number of hydrogen-bond acceptors (Lipinski definition) is 2. The Bertz CT molecular complexity index is 797. The molecule has 0 amide bonds. The topological polar surface area (TPSA) is 43.8 Å². The molecule has 0 aliphatic heterocycles. The zero-order valence-corrected chi connectivity index (χ0v) is 11.5. The van der Waals surface area contributed by atoms with Gasteiger partial charge in [-0.2, -0.15) is 5.10 Å². The van der Waals surface area contributed by atoms with Gasteiger partial charge < -0.3 is 5.73 Å². The number of nitrogens with zero attached hydrogens (tertiary/aromatic N) is 2. The molecule has 21 heavy (non-hydrogen) atoms. The summed E-state index contributed by atoms with van der Waals surface area (Å²) in [6.45, 7) is 0. The highest BCUT2D eigenvalue weighted by molar-refractivity contribution is 6.30. The van der Waals surface area contributed by atoms with Crippen molar-refractivity contribution >= 4 is 17.3 Å². The van der Waals surface area contributed by atoms with Crippen molar-refractivity contribution < 1.29 is 8.78 Å². The van der Waals surface area contributed by atoms with Crippen LogP contribution < -0.4 is 5.73 Å². The van der Waals surface area contributed by atoms with Gasteiger partial charge in [0.2, 0.25) is 0 Å². The SMILES string of the molecule is Nc1cn(-c2ccc(Cl)cc2)nc1-c1ccc(F)c(F)c1. The summed E-state index contributed by atoms with van der Waals surface area (Å²) in [6, 6.07) is 10.6. The van der Waals surface area contributed by atoms with Gasteiger partial charge in [0.05, 0.1) is 17.6 Å². The summed E-state index contributed by atoms with van der Waals surface area (Å²) in [5.74, 6) is -1.85. The van der Waals surface area contributed by atoms with Crippen molar-refractivity contribution in [3.63, 3.8) is 0 Å². The highest BCUT2D eigenvalue weighted by Gasteiger charge is 2.12. The second-order valence-corrected chi connectivity index (χ2v) is 4.92. The molecular weight excluding hydrogens is 296 g/mol. The van der Waals surface area contributed by atoms with E-state index in [9.17, 15) is 8.78 Å². The molecular formula is C15H10ClF2N3. The van der Waals surface area contributed by atoms with Crippen molar-refractivity contribution in [2.75, 3.05) is 5.73 Å². The van der Waals surface area contributed by atoms with Crippen molar-refractivity contribution in [1.82, 2.24) is 9.78 Å². The number of benzene rings is 2. The third kappa shape index (κ3) is 2.60. The Morgan fingerprint density at radius 3 is 2.38 bits per heavy atom. The van der Waals surface area contributed by atoms with Gasteiger partial charge in [0.25, 0.3) is 0 Å². The van der Waals surface area contributed by atoms with E-state index in [0.29, 0.717) is 22.0 Å². The molecule has 3 aromatic rings. The predicted molar refractivity (Wildman–Crippen MR) is 78.3 cm³/mol. The van der Waals surface area contributed by atoms with Crippen LogP contribution in [0.3, 0.4) is 0 Å². The van der Waals surface area contributed by atoms with E-state index < -0.39 is 11.6 Å². The molecule has 3 rings (SSSR count). The molecule has 0 fully saturated rings. The number of hydrogen-bond donors (Lipinski definition) is 1. The van der Waals surface area contributed by atoms with Crippen molar-refractivity contribution in [3.8, 4) is 16.9 Å². The first-order chi connectivity index (χ1) is 10.0. The maximum absolute atomic E-state index is 13.3. The van der Waals surface area contributed by atoms with Crippen LogP contribution >= 0.6 is 11.6 Å². The molecule has 0 atom stereocenters. The normalized spacial score (nSPS) is 10.8. The van der Waals surface area contributed by atoms with Crippen LogP contribution in [0.2, 0.25) is 5.02 Å². The molecule has 2 aromatic carbocycles. The summed E-state index contributed by atoms with van der Waals surface area (Å²) in [5, 5.41) is 4.92. The maximum Gasteiger partial charge on any atom is 0.159 e. The fraction of sp³-hybridized carbons (Fsp3) is 0. The second-order valence-electron chi connectivity index (χ2n) is 4.48. The summed E-state index contributed by atoms with van der Waals surface area (Å²) in [4.78, 5) is 0. The number of nitrogens with two attached hydrogens (primary N) is 1. The fourth-order valence-corrected chi connectivity index (χ4v) is 2.11. The van der Waals surface area contributed by atoms with Crippen molar-refractivity contribution in [2.45, 2.75) is 0 Å². The predicted octanol–water partition coefficient (Wildman–Crippen LogP) is 4.05. The van der Waals surface area contributed by atoms with E-state index in [-0.39, 0.29) is 0 Å². The van der Waals surface area contributed by atoms with Gasteiger partial charge in [-0.1, -0.05) is 11.6 Å². The molecule has 0 spiro atoms. The zero-order valence-electron chi connectivity index (χ0n) is 10.7. The third-order valence-corrected chi connectivity index (χ3v) is 3.28. The zero-order chi connectivity index (χ0) is 15.0. The number of halogens is 3. The van der Waals surface area contributed by atoms with Crippen LogP contribution in [-0.4, -0.2) is 9.78 Å². The Morgan fingerprint density at radius 2 is 1.71 bits per heavy atom. The molecule has 6 heteroatoms. The Hall–Kier alpha value is -2.40. The second kappa shape index (κ2) is 5.18. The maximum atomic E-state index is 13.3. The van der Waals surface area contributed by atoms with Crippen LogP contribution in [0.4, 0.5) is 14.5 Å². The fourth-order valence-electron chi connectivity index (χ4n) is 1.98. The van der Waals surface area contributed by atoms with Gasteiger partial charge in [-0.15, -0.1) is 0 Å². The first-order valence-corrected chi connectivity index (χ1v) is 6.49. The monoisotopic (exact) mass is 305 g/mol. The number of rotatable bonds is 2. The average molecular weight is 306 g/mol. The van der Waals surface area contributed by atoms with Crippen LogP contribution in [0.1, 0.15) is 0 Å². The molecule has 1 heterocycles. The molecule has 0 aliphatic rings. The van der Waals surface area contributed by atoms with Crippen LogP contribution in [0, 0.1) is 11.6 Å². The Balaban J connectivity index is 2.05. The summed E-state index contributed by atoms with van der Waals surface area (Å²) >= 11 is 5.83. The van der Waals surface area contributed by atoms with Crippen molar-refractivity contribution in [2.24, 2.45) is 0 Å². The van der Waals surface area contributed by atoms with Crippen LogP contribution in [-0.2, 0) is 0 Å². The lowest BCUT2D eigenvalue weighted by Gasteiger charge is -2.01. The first kappa shape index (κ1) is 13.6. The van der Waals surface area contributed by atoms with Crippen LogP contribution in [0.25, 0.3) is 16.9 Å². The molecule has 0 saturated carbocycles. The lowest BCUT2D eigenvalue weighted by Crippen LogP contribution is -1.94. The van der Waals surface area contributed by atoms with Gasteiger partial charge in [-0.05, 0) is 42.5 Å². The summed E-state index contributed by atoms with van der Waals surface area (Å²) in [6.07, 6.45) is 1.61. The molecule has 0 saturated heterocycles. The van der Waals surface area contributed by atoms with Crippen molar-refractivity contribution in [1.29, 1.82) is 0 Å². The number of nitrogen functional groups attached to an aromatic ring is 1. The van der Waals surface area contributed by atoms with Gasteiger partial charge in [-0.25, -0.2) is 13.5 Å². The number of anilines is 1. The minimum absolute atomic E-state index is 0.371. The van der Waals surface area contributed by atoms with E-state index in [2.05, 4.69) is 5.10 Å². The van der Waals surface area contributed by atoms with Crippen LogP contribution in [0.5, 0.6) is 0 Å². The van der Waals surface area contributed by atoms with Gasteiger partial charge >= 0.3 is 0 Å². The summed E-state index contributed by atoms with van der Waals surface area (Å²) in [5.41, 5.74) is 7.85. The lowest BCUT2D eigenvalue weighted by atomic mass is 10.1. The Labute approximate surface area is 124 Å². The third-order valence-electron chi connectivity index (χ3n) is 3.03. The molecule has 1 aromatic heterocycles. The summed E-state index contributed by atoms with van der Waals surface area (Å²) in [7, 11) is 0.